The van der Waals surface area contributed by atoms with Crippen molar-refractivity contribution >= 4 is 5.91 Å². The molecule has 1 N–H and O–H groups in total. The third-order valence-corrected chi connectivity index (χ3v) is 2.35. The number of benzene rings is 1. The molecule has 0 heterocycles. The molecule has 1 rings (SSSR count). The molecule has 1 amide bonds. The topological polar surface area (TPSA) is 38.3 Å². The van der Waals surface area contributed by atoms with E-state index in [1.165, 1.54) is 0 Å². The third-order valence-electron chi connectivity index (χ3n) is 2.35. The number of hydrogen-bond donors (Lipinski definition) is 1. The highest BCUT2D eigenvalue weighted by Gasteiger charge is 2.14. The molecule has 18 heavy (non-hydrogen) atoms. The molecule has 0 spiro atoms. The molecule has 0 saturated heterocycles. The molecule has 0 fully saturated rings. The Morgan fingerprint density at radius 2 is 2.00 bits per heavy atom. The second-order valence-electron chi connectivity index (χ2n) is 4.31. The van der Waals surface area contributed by atoms with Crippen molar-refractivity contribution in [1.29, 1.82) is 0 Å². The SMILES string of the molecule is CC(C)OCC(=O)NC(C)c1cc(F)ccc1F. The average Bonchev–Trinajstić information content (AvgIpc) is 2.29. The highest BCUT2D eigenvalue weighted by atomic mass is 19.1. The van der Waals surface area contributed by atoms with Crippen LogP contribution in [0.2, 0.25) is 0 Å². The van der Waals surface area contributed by atoms with E-state index in [0.717, 1.165) is 18.2 Å². The number of ether oxygens (including phenoxy) is 1. The minimum atomic E-state index is -0.607. The molecule has 0 saturated carbocycles. The zero-order chi connectivity index (χ0) is 13.7. The molecule has 0 radical (unpaired) electrons. The van der Waals surface area contributed by atoms with Crippen LogP contribution < -0.4 is 5.32 Å². The largest absolute Gasteiger partial charge is 0.369 e. The highest BCUT2D eigenvalue weighted by molar-refractivity contribution is 5.77. The van der Waals surface area contributed by atoms with Crippen molar-refractivity contribution in [2.24, 2.45) is 0 Å². The first kappa shape index (κ1) is 14.6. The number of carbonyl (C=O) groups is 1. The van der Waals surface area contributed by atoms with E-state index < -0.39 is 17.7 Å². The summed E-state index contributed by atoms with van der Waals surface area (Å²) in [4.78, 5) is 11.5. The molecule has 100 valence electrons. The maximum absolute atomic E-state index is 13.4. The van der Waals surface area contributed by atoms with E-state index >= 15 is 0 Å². The zero-order valence-corrected chi connectivity index (χ0v) is 10.7. The van der Waals surface area contributed by atoms with Crippen LogP contribution in [-0.4, -0.2) is 18.6 Å². The fourth-order valence-corrected chi connectivity index (χ4v) is 1.45. The molecular weight excluding hydrogens is 240 g/mol. The third kappa shape index (κ3) is 4.41. The van der Waals surface area contributed by atoms with Crippen LogP contribution in [0.4, 0.5) is 8.78 Å². The smallest absolute Gasteiger partial charge is 0.246 e. The lowest BCUT2D eigenvalue weighted by Crippen LogP contribution is -2.31. The monoisotopic (exact) mass is 257 g/mol. The van der Waals surface area contributed by atoms with E-state index in [1.54, 1.807) is 6.92 Å². The summed E-state index contributed by atoms with van der Waals surface area (Å²) in [5.74, 6) is -1.44. The van der Waals surface area contributed by atoms with Gasteiger partial charge in [0.25, 0.3) is 0 Å². The van der Waals surface area contributed by atoms with Crippen molar-refractivity contribution in [3.8, 4) is 0 Å². The molecule has 0 bridgehead atoms. The lowest BCUT2D eigenvalue weighted by molar-refractivity contribution is -0.127. The van der Waals surface area contributed by atoms with E-state index in [0.29, 0.717) is 0 Å². The Morgan fingerprint density at radius 3 is 2.61 bits per heavy atom. The molecule has 1 aromatic carbocycles. The maximum Gasteiger partial charge on any atom is 0.246 e. The van der Waals surface area contributed by atoms with E-state index in [-0.39, 0.29) is 24.2 Å². The standard InChI is InChI=1S/C13H17F2NO2/c1-8(2)18-7-13(17)16-9(3)11-6-10(14)4-5-12(11)15/h4-6,8-9H,7H2,1-3H3,(H,16,17). The Morgan fingerprint density at radius 1 is 1.33 bits per heavy atom. The van der Waals surface area contributed by atoms with Crippen molar-refractivity contribution in [2.45, 2.75) is 32.9 Å². The second-order valence-corrected chi connectivity index (χ2v) is 4.31. The second kappa shape index (κ2) is 6.44. The van der Waals surface area contributed by atoms with E-state index in [1.807, 2.05) is 13.8 Å². The number of nitrogens with one attached hydrogen (secondary N) is 1. The van der Waals surface area contributed by atoms with Crippen molar-refractivity contribution < 1.29 is 18.3 Å². The van der Waals surface area contributed by atoms with Crippen LogP contribution in [0.3, 0.4) is 0 Å². The Balaban J connectivity index is 2.62. The minimum absolute atomic E-state index is 0.0584. The van der Waals surface area contributed by atoms with E-state index in [2.05, 4.69) is 5.32 Å². The predicted octanol–water partition coefficient (Wildman–Crippen LogP) is 2.57. The molecule has 1 aromatic rings. The van der Waals surface area contributed by atoms with Crippen molar-refractivity contribution in [2.75, 3.05) is 6.61 Å². The van der Waals surface area contributed by atoms with Crippen LogP contribution >= 0.6 is 0 Å². The minimum Gasteiger partial charge on any atom is -0.369 e. The molecular formula is C13H17F2NO2. The summed E-state index contributed by atoms with van der Waals surface area (Å²) < 4.78 is 31.5. The zero-order valence-electron chi connectivity index (χ0n) is 10.7. The van der Waals surface area contributed by atoms with Gasteiger partial charge in [-0.3, -0.25) is 4.79 Å². The van der Waals surface area contributed by atoms with Crippen molar-refractivity contribution in [3.63, 3.8) is 0 Å². The van der Waals surface area contributed by atoms with Crippen LogP contribution in [0.1, 0.15) is 32.4 Å². The van der Waals surface area contributed by atoms with Gasteiger partial charge < -0.3 is 10.1 Å². The number of halogens is 2. The fraction of sp³-hybridized carbons (Fsp3) is 0.462. The van der Waals surface area contributed by atoms with Gasteiger partial charge in [-0.15, -0.1) is 0 Å². The molecule has 5 heteroatoms. The Kier molecular flexibility index (Phi) is 5.22. The molecule has 0 aromatic heterocycles. The van der Waals surface area contributed by atoms with Crippen molar-refractivity contribution in [3.05, 3.63) is 35.4 Å². The van der Waals surface area contributed by atoms with Crippen LogP contribution in [-0.2, 0) is 9.53 Å². The van der Waals surface area contributed by atoms with Crippen LogP contribution in [0.25, 0.3) is 0 Å². The van der Waals surface area contributed by atoms with Gasteiger partial charge in [0, 0.05) is 5.56 Å². The quantitative estimate of drug-likeness (QED) is 0.880. The summed E-state index contributed by atoms with van der Waals surface area (Å²) in [6, 6.07) is 2.54. The molecule has 0 aliphatic heterocycles. The number of amides is 1. The summed E-state index contributed by atoms with van der Waals surface area (Å²) >= 11 is 0. The Labute approximate surface area is 105 Å². The summed E-state index contributed by atoms with van der Waals surface area (Å²) in [5, 5.41) is 2.55. The molecule has 3 nitrogen and oxygen atoms in total. The average molecular weight is 257 g/mol. The van der Waals surface area contributed by atoms with E-state index in [9.17, 15) is 13.6 Å². The van der Waals surface area contributed by atoms with Crippen LogP contribution in [0, 0.1) is 11.6 Å². The van der Waals surface area contributed by atoms with Crippen LogP contribution in [0.15, 0.2) is 18.2 Å². The van der Waals surface area contributed by atoms with Gasteiger partial charge in [-0.1, -0.05) is 0 Å². The Bertz CT molecular complexity index is 421. The summed E-state index contributed by atoms with van der Waals surface area (Å²) in [6.07, 6.45) is -0.0584. The van der Waals surface area contributed by atoms with Gasteiger partial charge >= 0.3 is 0 Å². The Hall–Kier alpha value is -1.49. The molecule has 0 aliphatic carbocycles. The van der Waals surface area contributed by atoms with Gasteiger partial charge in [0.15, 0.2) is 0 Å². The highest BCUT2D eigenvalue weighted by Crippen LogP contribution is 2.17. The summed E-state index contributed by atoms with van der Waals surface area (Å²) in [7, 11) is 0. The van der Waals surface area contributed by atoms with Gasteiger partial charge in [0.05, 0.1) is 12.1 Å². The number of hydrogen-bond acceptors (Lipinski definition) is 2. The van der Waals surface area contributed by atoms with Crippen LogP contribution in [0.5, 0.6) is 0 Å². The first-order chi connectivity index (χ1) is 8.40. The van der Waals surface area contributed by atoms with Gasteiger partial charge in [-0.05, 0) is 39.0 Å². The van der Waals surface area contributed by atoms with Gasteiger partial charge in [-0.25, -0.2) is 8.78 Å². The van der Waals surface area contributed by atoms with Gasteiger partial charge in [0.1, 0.15) is 18.2 Å². The van der Waals surface area contributed by atoms with Gasteiger partial charge in [-0.2, -0.15) is 0 Å². The first-order valence-corrected chi connectivity index (χ1v) is 5.76. The van der Waals surface area contributed by atoms with Gasteiger partial charge in [0.2, 0.25) is 5.91 Å². The predicted molar refractivity (Wildman–Crippen MR) is 64.0 cm³/mol. The summed E-state index contributed by atoms with van der Waals surface area (Å²) in [6.45, 7) is 5.11. The molecule has 0 aliphatic rings. The fourth-order valence-electron chi connectivity index (χ4n) is 1.45. The number of rotatable bonds is 5. The number of carbonyl (C=O) groups excluding carboxylic acids is 1. The van der Waals surface area contributed by atoms with E-state index in [4.69, 9.17) is 4.74 Å². The summed E-state index contributed by atoms with van der Waals surface area (Å²) in [5.41, 5.74) is 0.118. The first-order valence-electron chi connectivity index (χ1n) is 5.76. The normalized spacial score (nSPS) is 12.6. The maximum atomic E-state index is 13.4. The van der Waals surface area contributed by atoms with Crippen molar-refractivity contribution in [1.82, 2.24) is 5.32 Å². The molecule has 1 atom stereocenters. The molecule has 1 unspecified atom stereocenters. The lowest BCUT2D eigenvalue weighted by Gasteiger charge is -2.16. The lowest BCUT2D eigenvalue weighted by atomic mass is 10.1.